The Kier molecular flexibility index (Phi) is 6.59. The molecule has 3 rings (SSSR count). The first kappa shape index (κ1) is 19.1. The number of tetrazole rings is 1. The van der Waals surface area contributed by atoms with E-state index in [0.29, 0.717) is 5.16 Å². The number of thioether (sulfide) groups is 1. The summed E-state index contributed by atoms with van der Waals surface area (Å²) < 4.78 is 1.65. The highest BCUT2D eigenvalue weighted by atomic mass is 32.2. The Morgan fingerprint density at radius 1 is 1.15 bits per heavy atom. The highest BCUT2D eigenvalue weighted by molar-refractivity contribution is 7.99. The number of nitrogens with one attached hydrogen (secondary N) is 1. The molecular formula is C20H23N5OS. The summed E-state index contributed by atoms with van der Waals surface area (Å²) in [5, 5.41) is 15.4. The van der Waals surface area contributed by atoms with E-state index in [0.717, 1.165) is 18.5 Å². The molecule has 1 atom stereocenters. The van der Waals surface area contributed by atoms with Crippen LogP contribution in [0.1, 0.15) is 24.5 Å². The molecule has 3 aromatic rings. The van der Waals surface area contributed by atoms with Crippen LogP contribution >= 0.6 is 11.8 Å². The Morgan fingerprint density at radius 2 is 1.89 bits per heavy atom. The minimum Gasteiger partial charge on any atom is -0.353 e. The fourth-order valence-corrected chi connectivity index (χ4v) is 3.37. The number of carbonyl (C=O) groups is 1. The van der Waals surface area contributed by atoms with Gasteiger partial charge in [-0.3, -0.25) is 4.79 Å². The van der Waals surface area contributed by atoms with Gasteiger partial charge in [-0.15, -0.1) is 5.10 Å². The zero-order valence-corrected chi connectivity index (χ0v) is 16.3. The van der Waals surface area contributed by atoms with Crippen LogP contribution in [0.3, 0.4) is 0 Å². The van der Waals surface area contributed by atoms with Crippen molar-refractivity contribution in [2.75, 3.05) is 5.75 Å². The molecule has 2 aromatic carbocycles. The summed E-state index contributed by atoms with van der Waals surface area (Å²) in [6, 6.07) is 18.3. The molecule has 1 amide bonds. The van der Waals surface area contributed by atoms with E-state index in [-0.39, 0.29) is 17.7 Å². The quantitative estimate of drug-likeness (QED) is 0.607. The summed E-state index contributed by atoms with van der Waals surface area (Å²) in [6.07, 6.45) is 1.85. The van der Waals surface area contributed by atoms with Gasteiger partial charge < -0.3 is 5.32 Å². The third kappa shape index (κ3) is 5.65. The van der Waals surface area contributed by atoms with Crippen LogP contribution in [-0.4, -0.2) is 37.9 Å². The van der Waals surface area contributed by atoms with Gasteiger partial charge in [-0.2, -0.15) is 4.68 Å². The van der Waals surface area contributed by atoms with E-state index in [1.165, 1.54) is 22.9 Å². The first-order valence-corrected chi connectivity index (χ1v) is 9.92. The Hall–Kier alpha value is -2.67. The number of aromatic nitrogens is 4. The minimum atomic E-state index is -0.0148. The van der Waals surface area contributed by atoms with Crippen molar-refractivity contribution in [1.29, 1.82) is 0 Å². The highest BCUT2D eigenvalue weighted by Gasteiger charge is 2.13. The van der Waals surface area contributed by atoms with Gasteiger partial charge in [0.1, 0.15) is 0 Å². The van der Waals surface area contributed by atoms with Crippen molar-refractivity contribution in [3.05, 3.63) is 65.7 Å². The molecule has 0 unspecified atom stereocenters. The first-order valence-electron chi connectivity index (χ1n) is 8.93. The topological polar surface area (TPSA) is 72.7 Å². The standard InChI is InChI=1S/C20H23N5OS/c1-15-8-12-18(13-9-15)25-20(22-23-24-25)27-14-19(26)21-16(2)10-11-17-6-4-3-5-7-17/h3-9,12-13,16H,10-11,14H2,1-2H3,(H,21,26)/t16-/m0/s1. The average Bonchev–Trinajstić information content (AvgIpc) is 3.15. The SMILES string of the molecule is Cc1ccc(-n2nnnc2SCC(=O)N[C@@H](C)CCc2ccccc2)cc1. The van der Waals surface area contributed by atoms with E-state index in [4.69, 9.17) is 0 Å². The van der Waals surface area contributed by atoms with Crippen LogP contribution in [0, 0.1) is 6.92 Å². The van der Waals surface area contributed by atoms with Crippen molar-refractivity contribution in [3.8, 4) is 5.69 Å². The number of amides is 1. The molecule has 0 bridgehead atoms. The molecule has 0 saturated heterocycles. The Bertz CT molecular complexity index is 864. The van der Waals surface area contributed by atoms with E-state index in [1.54, 1.807) is 4.68 Å². The second-order valence-corrected chi connectivity index (χ2v) is 7.43. The lowest BCUT2D eigenvalue weighted by Gasteiger charge is -2.13. The van der Waals surface area contributed by atoms with E-state index in [1.807, 2.05) is 56.3 Å². The molecule has 1 heterocycles. The van der Waals surface area contributed by atoms with Gasteiger partial charge in [-0.25, -0.2) is 0 Å². The van der Waals surface area contributed by atoms with Crippen LogP contribution in [0.4, 0.5) is 0 Å². The summed E-state index contributed by atoms with van der Waals surface area (Å²) in [5.41, 5.74) is 3.33. The molecule has 6 nitrogen and oxygen atoms in total. The summed E-state index contributed by atoms with van der Waals surface area (Å²) >= 11 is 1.33. The lowest BCUT2D eigenvalue weighted by Crippen LogP contribution is -2.34. The van der Waals surface area contributed by atoms with Gasteiger partial charge >= 0.3 is 0 Å². The predicted molar refractivity (Wildman–Crippen MR) is 107 cm³/mol. The lowest BCUT2D eigenvalue weighted by atomic mass is 10.1. The van der Waals surface area contributed by atoms with Crippen molar-refractivity contribution >= 4 is 17.7 Å². The van der Waals surface area contributed by atoms with Gasteiger partial charge in [0, 0.05) is 6.04 Å². The van der Waals surface area contributed by atoms with Crippen LogP contribution in [0.25, 0.3) is 5.69 Å². The van der Waals surface area contributed by atoms with Gasteiger partial charge in [0.2, 0.25) is 11.1 Å². The number of nitrogens with zero attached hydrogens (tertiary/aromatic N) is 4. The van der Waals surface area contributed by atoms with Crippen molar-refractivity contribution in [2.24, 2.45) is 0 Å². The number of benzene rings is 2. The van der Waals surface area contributed by atoms with Crippen molar-refractivity contribution in [3.63, 3.8) is 0 Å². The molecule has 0 aliphatic rings. The molecule has 1 N–H and O–H groups in total. The number of rotatable bonds is 8. The minimum absolute atomic E-state index is 0.0148. The number of carbonyl (C=O) groups excluding carboxylic acids is 1. The van der Waals surface area contributed by atoms with E-state index < -0.39 is 0 Å². The van der Waals surface area contributed by atoms with Crippen LogP contribution in [0.5, 0.6) is 0 Å². The van der Waals surface area contributed by atoms with Gasteiger partial charge in [0.05, 0.1) is 11.4 Å². The first-order chi connectivity index (χ1) is 13.1. The summed E-state index contributed by atoms with van der Waals surface area (Å²) in [7, 11) is 0. The molecule has 7 heteroatoms. The number of aryl methyl sites for hydroxylation is 2. The largest absolute Gasteiger partial charge is 0.353 e. The third-order valence-electron chi connectivity index (χ3n) is 4.17. The molecule has 27 heavy (non-hydrogen) atoms. The normalized spacial score (nSPS) is 11.9. The number of hydrogen-bond donors (Lipinski definition) is 1. The predicted octanol–water partition coefficient (Wildman–Crippen LogP) is 3.20. The average molecular weight is 382 g/mol. The Balaban J connectivity index is 1.48. The molecule has 140 valence electrons. The highest BCUT2D eigenvalue weighted by Crippen LogP contribution is 2.18. The zero-order chi connectivity index (χ0) is 19.1. The fraction of sp³-hybridized carbons (Fsp3) is 0.300. The van der Waals surface area contributed by atoms with Gasteiger partial charge in [-0.05, 0) is 54.8 Å². The monoisotopic (exact) mass is 381 g/mol. The molecule has 0 radical (unpaired) electrons. The van der Waals surface area contributed by atoms with Crippen LogP contribution in [0.15, 0.2) is 59.8 Å². The molecule has 0 aliphatic heterocycles. The van der Waals surface area contributed by atoms with Crippen LogP contribution in [0.2, 0.25) is 0 Å². The maximum Gasteiger partial charge on any atom is 0.230 e. The van der Waals surface area contributed by atoms with Gasteiger partial charge in [0.15, 0.2) is 0 Å². The van der Waals surface area contributed by atoms with E-state index in [2.05, 4.69) is 33.0 Å². The lowest BCUT2D eigenvalue weighted by molar-refractivity contribution is -0.119. The summed E-state index contributed by atoms with van der Waals surface area (Å²) in [6.45, 7) is 4.06. The van der Waals surface area contributed by atoms with Crippen LogP contribution in [-0.2, 0) is 11.2 Å². The Labute approximate surface area is 163 Å². The molecule has 0 aliphatic carbocycles. The second-order valence-electron chi connectivity index (χ2n) is 6.49. The number of hydrogen-bond acceptors (Lipinski definition) is 5. The van der Waals surface area contributed by atoms with Crippen LogP contribution < -0.4 is 5.32 Å². The molecule has 1 aromatic heterocycles. The molecular weight excluding hydrogens is 358 g/mol. The van der Waals surface area contributed by atoms with E-state index >= 15 is 0 Å². The Morgan fingerprint density at radius 3 is 2.63 bits per heavy atom. The summed E-state index contributed by atoms with van der Waals surface area (Å²) in [4.78, 5) is 12.2. The van der Waals surface area contributed by atoms with Crippen molar-refractivity contribution < 1.29 is 4.79 Å². The zero-order valence-electron chi connectivity index (χ0n) is 15.5. The maximum absolute atomic E-state index is 12.2. The second kappa shape index (κ2) is 9.32. The van der Waals surface area contributed by atoms with Crippen molar-refractivity contribution in [2.45, 2.75) is 37.9 Å². The molecule has 0 saturated carbocycles. The van der Waals surface area contributed by atoms with Crippen molar-refractivity contribution in [1.82, 2.24) is 25.5 Å². The smallest absolute Gasteiger partial charge is 0.230 e. The molecule has 0 spiro atoms. The van der Waals surface area contributed by atoms with Gasteiger partial charge in [-0.1, -0.05) is 59.8 Å². The maximum atomic E-state index is 12.2. The van der Waals surface area contributed by atoms with E-state index in [9.17, 15) is 4.79 Å². The summed E-state index contributed by atoms with van der Waals surface area (Å²) in [5.74, 6) is 0.265. The molecule has 0 fully saturated rings. The third-order valence-corrected chi connectivity index (χ3v) is 5.09. The fourth-order valence-electron chi connectivity index (χ4n) is 2.66. The van der Waals surface area contributed by atoms with Gasteiger partial charge in [0.25, 0.3) is 0 Å².